The molecule has 0 aromatic heterocycles. The molecule has 0 unspecified atom stereocenters. The lowest BCUT2D eigenvalue weighted by Gasteiger charge is -2.07. The van der Waals surface area contributed by atoms with Gasteiger partial charge in [0.1, 0.15) is 6.61 Å². The van der Waals surface area contributed by atoms with Gasteiger partial charge in [0, 0.05) is 6.42 Å². The summed E-state index contributed by atoms with van der Waals surface area (Å²) in [4.78, 5) is 11.5. The molecule has 0 atom stereocenters. The molecular weight excluding hydrogens is 312 g/mol. The third-order valence-electron chi connectivity index (χ3n) is 3.45. The van der Waals surface area contributed by atoms with Crippen molar-refractivity contribution in [3.05, 3.63) is 0 Å². The Morgan fingerprint density at radius 3 is 1.79 bits per heavy atom. The summed E-state index contributed by atoms with van der Waals surface area (Å²) in [7, 11) is 0. The number of carbonyl (C=O) groups is 1. The monoisotopic (exact) mass is 348 g/mol. The predicted molar refractivity (Wildman–Crippen MR) is 93.1 cm³/mol. The van der Waals surface area contributed by atoms with E-state index in [1.54, 1.807) is 0 Å². The van der Waals surface area contributed by atoms with Crippen LogP contribution in [0.1, 0.15) is 58.3 Å². The molecule has 0 saturated heterocycles. The van der Waals surface area contributed by atoms with Crippen molar-refractivity contribution in [2.24, 2.45) is 0 Å². The lowest BCUT2D eigenvalue weighted by Crippen LogP contribution is -2.14. The summed E-state index contributed by atoms with van der Waals surface area (Å²) in [6.07, 6.45) is 8.88. The highest BCUT2D eigenvalue weighted by molar-refractivity contribution is 5.69. The maximum Gasteiger partial charge on any atom is 0.305 e. The first-order valence-electron chi connectivity index (χ1n) is 9.31. The van der Waals surface area contributed by atoms with Crippen molar-refractivity contribution in [1.82, 2.24) is 0 Å². The zero-order chi connectivity index (χ0) is 17.7. The second-order valence-electron chi connectivity index (χ2n) is 5.65. The maximum atomic E-state index is 11.5. The van der Waals surface area contributed by atoms with Crippen molar-refractivity contribution in [2.45, 2.75) is 58.3 Å². The lowest BCUT2D eigenvalue weighted by atomic mass is 10.1. The van der Waals surface area contributed by atoms with Gasteiger partial charge in [-0.2, -0.15) is 0 Å². The third-order valence-corrected chi connectivity index (χ3v) is 3.45. The smallest absolute Gasteiger partial charge is 0.305 e. The van der Waals surface area contributed by atoms with Crippen LogP contribution in [0.4, 0.5) is 0 Å². The Morgan fingerprint density at radius 2 is 1.21 bits per heavy atom. The maximum absolute atomic E-state index is 11.5. The van der Waals surface area contributed by atoms with Crippen molar-refractivity contribution in [1.29, 1.82) is 0 Å². The molecule has 0 aromatic rings. The molecule has 0 aliphatic heterocycles. The summed E-state index contributed by atoms with van der Waals surface area (Å²) in [5.74, 6) is -0.135. The van der Waals surface area contributed by atoms with Crippen LogP contribution in [-0.4, -0.2) is 63.9 Å². The summed E-state index contributed by atoms with van der Waals surface area (Å²) >= 11 is 0. The van der Waals surface area contributed by atoms with Gasteiger partial charge in [-0.15, -0.1) is 0 Å². The van der Waals surface area contributed by atoms with Gasteiger partial charge in [-0.1, -0.05) is 45.4 Å². The second kappa shape index (κ2) is 20.4. The first kappa shape index (κ1) is 23.3. The minimum absolute atomic E-state index is 0.0286. The molecule has 144 valence electrons. The number of aliphatic hydroxyl groups is 1. The Morgan fingerprint density at radius 1 is 0.708 bits per heavy atom. The first-order chi connectivity index (χ1) is 11.8. The van der Waals surface area contributed by atoms with E-state index in [0.29, 0.717) is 52.7 Å². The van der Waals surface area contributed by atoms with Crippen molar-refractivity contribution >= 4 is 5.97 Å². The molecule has 0 spiro atoms. The molecule has 24 heavy (non-hydrogen) atoms. The average Bonchev–Trinajstić information content (AvgIpc) is 2.59. The Hall–Kier alpha value is -0.690. The van der Waals surface area contributed by atoms with Crippen molar-refractivity contribution in [3.63, 3.8) is 0 Å². The molecule has 0 saturated carbocycles. The number of hydrogen-bond acceptors (Lipinski definition) is 6. The van der Waals surface area contributed by atoms with Crippen molar-refractivity contribution in [2.75, 3.05) is 52.9 Å². The van der Waals surface area contributed by atoms with Crippen LogP contribution in [0.3, 0.4) is 0 Å². The zero-order valence-electron chi connectivity index (χ0n) is 15.3. The molecule has 6 heteroatoms. The Balaban J connectivity index is 3.12. The van der Waals surface area contributed by atoms with Crippen LogP contribution in [0.25, 0.3) is 0 Å². The summed E-state index contributed by atoms with van der Waals surface area (Å²) in [5.41, 5.74) is 0. The van der Waals surface area contributed by atoms with Crippen molar-refractivity contribution < 1.29 is 28.8 Å². The van der Waals surface area contributed by atoms with Crippen LogP contribution in [0.2, 0.25) is 0 Å². The number of hydrogen-bond donors (Lipinski definition) is 1. The molecule has 0 fully saturated rings. The van der Waals surface area contributed by atoms with E-state index in [0.717, 1.165) is 12.8 Å². The van der Waals surface area contributed by atoms with Gasteiger partial charge >= 0.3 is 5.97 Å². The average molecular weight is 348 g/mol. The molecule has 0 aliphatic rings. The number of ether oxygens (including phenoxy) is 4. The van der Waals surface area contributed by atoms with E-state index in [9.17, 15) is 4.79 Å². The molecule has 0 bridgehead atoms. The molecule has 0 aliphatic carbocycles. The highest BCUT2D eigenvalue weighted by Gasteiger charge is 2.02. The quantitative estimate of drug-likeness (QED) is 0.286. The fourth-order valence-electron chi connectivity index (χ4n) is 2.12. The van der Waals surface area contributed by atoms with E-state index in [4.69, 9.17) is 24.1 Å². The second-order valence-corrected chi connectivity index (χ2v) is 5.65. The van der Waals surface area contributed by atoms with Gasteiger partial charge in [0.15, 0.2) is 0 Å². The van der Waals surface area contributed by atoms with Gasteiger partial charge in [0.25, 0.3) is 0 Å². The largest absolute Gasteiger partial charge is 0.463 e. The summed E-state index contributed by atoms with van der Waals surface area (Å²) < 4.78 is 20.7. The number of aliphatic hydroxyl groups excluding tert-OH is 1. The van der Waals surface area contributed by atoms with Crippen LogP contribution in [0.5, 0.6) is 0 Å². The Bertz CT molecular complexity index is 260. The molecule has 0 radical (unpaired) electrons. The number of rotatable bonds is 19. The van der Waals surface area contributed by atoms with Gasteiger partial charge in [-0.05, 0) is 6.42 Å². The van der Waals surface area contributed by atoms with Crippen molar-refractivity contribution in [3.8, 4) is 0 Å². The minimum Gasteiger partial charge on any atom is -0.463 e. The summed E-state index contributed by atoms with van der Waals surface area (Å²) in [6.45, 7) is 5.17. The minimum atomic E-state index is -0.135. The molecular formula is C18H36O6. The predicted octanol–water partition coefficient (Wildman–Crippen LogP) is 2.71. The van der Waals surface area contributed by atoms with Crippen LogP contribution < -0.4 is 0 Å². The van der Waals surface area contributed by atoms with Crippen LogP contribution in [-0.2, 0) is 23.7 Å². The van der Waals surface area contributed by atoms with Gasteiger partial charge in [0.2, 0.25) is 0 Å². The topological polar surface area (TPSA) is 74.2 Å². The van der Waals surface area contributed by atoms with Gasteiger partial charge in [-0.25, -0.2) is 0 Å². The zero-order valence-corrected chi connectivity index (χ0v) is 15.3. The number of unbranched alkanes of at least 4 members (excludes halogenated alkanes) is 6. The molecule has 1 N–H and O–H groups in total. The third kappa shape index (κ3) is 19.4. The molecule has 0 heterocycles. The Kier molecular flexibility index (Phi) is 19.8. The van der Waals surface area contributed by atoms with E-state index in [-0.39, 0.29) is 12.6 Å². The standard InChI is InChI=1S/C18H36O6/c1-2-3-4-5-6-7-8-9-18(20)24-17-16-23-15-14-22-13-12-21-11-10-19/h19H,2-17H2,1H3. The van der Waals surface area contributed by atoms with E-state index in [1.165, 1.54) is 32.1 Å². The lowest BCUT2D eigenvalue weighted by molar-refractivity contribution is -0.145. The van der Waals surface area contributed by atoms with E-state index >= 15 is 0 Å². The van der Waals surface area contributed by atoms with Crippen LogP contribution in [0.15, 0.2) is 0 Å². The molecule has 0 amide bonds. The fraction of sp³-hybridized carbons (Fsp3) is 0.944. The Labute approximate surface area is 146 Å². The van der Waals surface area contributed by atoms with Crippen LogP contribution >= 0.6 is 0 Å². The highest BCUT2D eigenvalue weighted by atomic mass is 16.6. The normalized spacial score (nSPS) is 10.9. The number of carbonyl (C=O) groups excluding carboxylic acids is 1. The van der Waals surface area contributed by atoms with E-state index < -0.39 is 0 Å². The van der Waals surface area contributed by atoms with Crippen LogP contribution in [0, 0.1) is 0 Å². The van der Waals surface area contributed by atoms with E-state index in [1.807, 2.05) is 0 Å². The molecule has 0 rings (SSSR count). The fourth-order valence-corrected chi connectivity index (χ4v) is 2.12. The molecule has 6 nitrogen and oxygen atoms in total. The van der Waals surface area contributed by atoms with Gasteiger partial charge < -0.3 is 24.1 Å². The number of esters is 1. The van der Waals surface area contributed by atoms with Gasteiger partial charge in [-0.3, -0.25) is 4.79 Å². The molecule has 0 aromatic carbocycles. The first-order valence-corrected chi connectivity index (χ1v) is 9.31. The SMILES string of the molecule is CCCCCCCCCC(=O)OCCOCCOCCOCCO. The highest BCUT2D eigenvalue weighted by Crippen LogP contribution is 2.08. The summed E-state index contributed by atoms with van der Waals surface area (Å²) in [5, 5.41) is 8.51. The van der Waals surface area contributed by atoms with Gasteiger partial charge in [0.05, 0.1) is 46.2 Å². The summed E-state index contributed by atoms with van der Waals surface area (Å²) in [6, 6.07) is 0. The van der Waals surface area contributed by atoms with E-state index in [2.05, 4.69) is 6.92 Å².